The average molecular weight is 209 g/mol. The molecule has 76 valence electrons. The Morgan fingerprint density at radius 1 is 1.43 bits per heavy atom. The second-order valence-corrected chi connectivity index (χ2v) is 5.51. The Labute approximate surface area is 89.0 Å². The van der Waals surface area contributed by atoms with E-state index in [0.29, 0.717) is 0 Å². The van der Waals surface area contributed by atoms with Crippen molar-refractivity contribution in [2.45, 2.75) is 30.2 Å². The summed E-state index contributed by atoms with van der Waals surface area (Å²) in [6.07, 6.45) is 0. The molecule has 0 saturated heterocycles. The SMILES string of the molecule is CNCc1cccc2c1OC(C)(C)S2. The van der Waals surface area contributed by atoms with Gasteiger partial charge < -0.3 is 10.1 Å². The standard InChI is InChI=1S/C11H15NOS/c1-11(2)13-10-8(7-12-3)5-4-6-9(10)14-11/h4-6,12H,7H2,1-3H3. The van der Waals surface area contributed by atoms with Crippen LogP contribution in [-0.2, 0) is 6.54 Å². The fourth-order valence-electron chi connectivity index (χ4n) is 1.62. The van der Waals surface area contributed by atoms with Gasteiger partial charge in [0.15, 0.2) is 4.93 Å². The normalized spacial score (nSPS) is 17.6. The van der Waals surface area contributed by atoms with Crippen LogP contribution < -0.4 is 10.1 Å². The van der Waals surface area contributed by atoms with Crippen molar-refractivity contribution in [1.29, 1.82) is 0 Å². The van der Waals surface area contributed by atoms with Gasteiger partial charge in [-0.25, -0.2) is 0 Å². The summed E-state index contributed by atoms with van der Waals surface area (Å²) >= 11 is 1.78. The first kappa shape index (κ1) is 9.87. The fourth-order valence-corrected chi connectivity index (χ4v) is 2.69. The van der Waals surface area contributed by atoms with E-state index >= 15 is 0 Å². The summed E-state index contributed by atoms with van der Waals surface area (Å²) in [7, 11) is 1.95. The quantitative estimate of drug-likeness (QED) is 0.809. The molecule has 2 nitrogen and oxygen atoms in total. The minimum absolute atomic E-state index is 0.119. The molecule has 1 heterocycles. The van der Waals surface area contributed by atoms with Crippen molar-refractivity contribution in [2.75, 3.05) is 7.05 Å². The highest BCUT2D eigenvalue weighted by molar-refractivity contribution is 8.00. The predicted octanol–water partition coefficient (Wildman–Crippen LogP) is 2.63. The van der Waals surface area contributed by atoms with Gasteiger partial charge in [0.25, 0.3) is 0 Å². The molecule has 1 N–H and O–H groups in total. The van der Waals surface area contributed by atoms with E-state index in [4.69, 9.17) is 4.74 Å². The minimum atomic E-state index is -0.119. The van der Waals surface area contributed by atoms with Crippen molar-refractivity contribution in [3.05, 3.63) is 23.8 Å². The maximum atomic E-state index is 5.90. The van der Waals surface area contributed by atoms with Gasteiger partial charge in [0, 0.05) is 12.1 Å². The van der Waals surface area contributed by atoms with Crippen LogP contribution in [0.2, 0.25) is 0 Å². The zero-order chi connectivity index (χ0) is 10.2. The number of hydrogen-bond donors (Lipinski definition) is 1. The Hall–Kier alpha value is -0.670. The molecule has 14 heavy (non-hydrogen) atoms. The largest absolute Gasteiger partial charge is 0.475 e. The lowest BCUT2D eigenvalue weighted by Crippen LogP contribution is -2.19. The summed E-state index contributed by atoms with van der Waals surface area (Å²) in [5, 5.41) is 3.15. The molecule has 1 aromatic rings. The van der Waals surface area contributed by atoms with E-state index in [0.717, 1.165) is 12.3 Å². The molecule has 1 aliphatic rings. The van der Waals surface area contributed by atoms with Gasteiger partial charge in [0.05, 0.1) is 4.90 Å². The second kappa shape index (κ2) is 3.48. The third-order valence-electron chi connectivity index (χ3n) is 2.13. The molecule has 0 amide bonds. The molecule has 0 aromatic heterocycles. The topological polar surface area (TPSA) is 21.3 Å². The van der Waals surface area contributed by atoms with Gasteiger partial charge in [0.2, 0.25) is 0 Å². The first-order valence-electron chi connectivity index (χ1n) is 4.77. The molecule has 2 rings (SSSR count). The molecule has 0 fully saturated rings. The first-order valence-corrected chi connectivity index (χ1v) is 5.58. The summed E-state index contributed by atoms with van der Waals surface area (Å²) in [5.41, 5.74) is 1.24. The third kappa shape index (κ3) is 1.74. The van der Waals surface area contributed by atoms with Crippen molar-refractivity contribution < 1.29 is 4.74 Å². The van der Waals surface area contributed by atoms with Crippen LogP contribution in [0.3, 0.4) is 0 Å². The van der Waals surface area contributed by atoms with E-state index in [1.807, 2.05) is 7.05 Å². The number of rotatable bonds is 2. The predicted molar refractivity (Wildman–Crippen MR) is 59.8 cm³/mol. The van der Waals surface area contributed by atoms with Crippen LogP contribution in [0.1, 0.15) is 19.4 Å². The lowest BCUT2D eigenvalue weighted by atomic mass is 10.2. The van der Waals surface area contributed by atoms with E-state index in [2.05, 4.69) is 37.4 Å². The average Bonchev–Trinajstić information content (AvgIpc) is 2.41. The van der Waals surface area contributed by atoms with Crippen LogP contribution in [0.5, 0.6) is 5.75 Å². The Kier molecular flexibility index (Phi) is 2.45. The van der Waals surface area contributed by atoms with Gasteiger partial charge >= 0.3 is 0 Å². The highest BCUT2D eigenvalue weighted by Crippen LogP contribution is 2.48. The number of fused-ring (bicyclic) bond motifs is 1. The monoisotopic (exact) mass is 209 g/mol. The van der Waals surface area contributed by atoms with Gasteiger partial charge in [-0.2, -0.15) is 0 Å². The number of thioether (sulfide) groups is 1. The Balaban J connectivity index is 2.36. The molecule has 1 aliphatic heterocycles. The number of hydrogen-bond acceptors (Lipinski definition) is 3. The number of nitrogens with one attached hydrogen (secondary N) is 1. The van der Waals surface area contributed by atoms with Gasteiger partial charge in [-0.15, -0.1) is 0 Å². The molecule has 1 aromatic carbocycles. The van der Waals surface area contributed by atoms with E-state index in [1.54, 1.807) is 11.8 Å². The third-order valence-corrected chi connectivity index (χ3v) is 3.25. The summed E-state index contributed by atoms with van der Waals surface area (Å²) in [4.78, 5) is 1.13. The zero-order valence-corrected chi connectivity index (χ0v) is 9.57. The maximum Gasteiger partial charge on any atom is 0.153 e. The Morgan fingerprint density at radius 3 is 2.93 bits per heavy atom. The smallest absolute Gasteiger partial charge is 0.153 e. The summed E-state index contributed by atoms with van der Waals surface area (Å²) in [6.45, 7) is 5.06. The van der Waals surface area contributed by atoms with E-state index in [1.165, 1.54) is 10.5 Å². The number of benzene rings is 1. The van der Waals surface area contributed by atoms with Crippen LogP contribution in [0.25, 0.3) is 0 Å². The van der Waals surface area contributed by atoms with Crippen molar-refractivity contribution in [3.8, 4) is 5.75 Å². The van der Waals surface area contributed by atoms with Crippen molar-refractivity contribution >= 4 is 11.8 Å². The van der Waals surface area contributed by atoms with Crippen LogP contribution in [-0.4, -0.2) is 12.0 Å². The Bertz CT molecular complexity index is 349. The van der Waals surface area contributed by atoms with Crippen LogP contribution in [0.4, 0.5) is 0 Å². The highest BCUT2D eigenvalue weighted by atomic mass is 32.2. The van der Waals surface area contributed by atoms with E-state index in [9.17, 15) is 0 Å². The van der Waals surface area contributed by atoms with E-state index in [-0.39, 0.29) is 4.93 Å². The minimum Gasteiger partial charge on any atom is -0.475 e. The van der Waals surface area contributed by atoms with Crippen LogP contribution >= 0.6 is 11.8 Å². The zero-order valence-electron chi connectivity index (χ0n) is 8.76. The number of para-hydroxylation sites is 1. The van der Waals surface area contributed by atoms with Crippen LogP contribution in [0.15, 0.2) is 23.1 Å². The highest BCUT2D eigenvalue weighted by Gasteiger charge is 2.32. The van der Waals surface area contributed by atoms with Gasteiger partial charge in [-0.1, -0.05) is 23.9 Å². The summed E-state index contributed by atoms with van der Waals surface area (Å²) < 4.78 is 5.90. The fraction of sp³-hybridized carbons (Fsp3) is 0.455. The molecule has 0 spiro atoms. The summed E-state index contributed by atoms with van der Waals surface area (Å²) in [6, 6.07) is 6.31. The van der Waals surface area contributed by atoms with Gasteiger partial charge in [-0.3, -0.25) is 0 Å². The first-order chi connectivity index (χ1) is 6.62. The molecule has 0 atom stereocenters. The van der Waals surface area contributed by atoms with Crippen LogP contribution in [0, 0.1) is 0 Å². The maximum absolute atomic E-state index is 5.90. The molecule has 3 heteroatoms. The number of ether oxygens (including phenoxy) is 1. The van der Waals surface area contributed by atoms with Crippen molar-refractivity contribution in [2.24, 2.45) is 0 Å². The molecule has 0 saturated carbocycles. The molecule has 0 bridgehead atoms. The molecular weight excluding hydrogens is 194 g/mol. The van der Waals surface area contributed by atoms with Crippen molar-refractivity contribution in [3.63, 3.8) is 0 Å². The lowest BCUT2D eigenvalue weighted by molar-refractivity contribution is 0.212. The van der Waals surface area contributed by atoms with Gasteiger partial charge in [-0.05, 0) is 27.0 Å². The molecular formula is C11H15NOS. The molecule has 0 aliphatic carbocycles. The van der Waals surface area contributed by atoms with Gasteiger partial charge in [0.1, 0.15) is 5.75 Å². The molecule has 0 unspecified atom stereocenters. The van der Waals surface area contributed by atoms with Crippen molar-refractivity contribution in [1.82, 2.24) is 5.32 Å². The lowest BCUT2D eigenvalue weighted by Gasteiger charge is -2.16. The second-order valence-electron chi connectivity index (χ2n) is 3.88. The van der Waals surface area contributed by atoms with E-state index < -0.39 is 0 Å². The summed E-state index contributed by atoms with van der Waals surface area (Å²) in [5.74, 6) is 1.05. The molecule has 0 radical (unpaired) electrons. The Morgan fingerprint density at radius 2 is 2.21 bits per heavy atom.